The summed E-state index contributed by atoms with van der Waals surface area (Å²) in [6.07, 6.45) is 1.66. The highest BCUT2D eigenvalue weighted by Crippen LogP contribution is 2.28. The number of ether oxygens (including phenoxy) is 2. The average molecular weight is 347 g/mol. The van der Waals surface area contributed by atoms with Crippen LogP contribution in [0.2, 0.25) is 0 Å². The Labute approximate surface area is 153 Å². The number of hydrogen-bond acceptors (Lipinski definition) is 4. The van der Waals surface area contributed by atoms with Crippen LogP contribution in [0.15, 0.2) is 84.0 Å². The minimum Gasteiger partial charge on any atom is -0.493 e. The van der Waals surface area contributed by atoms with E-state index in [9.17, 15) is 0 Å². The zero-order chi connectivity index (χ0) is 18.0. The predicted octanol–water partition coefficient (Wildman–Crippen LogP) is 4.82. The van der Waals surface area contributed by atoms with E-state index >= 15 is 0 Å². The molecule has 0 radical (unpaired) electrons. The lowest BCUT2D eigenvalue weighted by Gasteiger charge is -2.11. The van der Waals surface area contributed by atoms with Crippen LogP contribution in [-0.4, -0.2) is 13.3 Å². The molecule has 3 aromatic rings. The molecule has 0 aliphatic rings. The van der Waals surface area contributed by atoms with Gasteiger partial charge in [0.2, 0.25) is 0 Å². The molecule has 0 heterocycles. The fourth-order valence-electron chi connectivity index (χ4n) is 2.41. The molecule has 0 saturated carbocycles. The first kappa shape index (κ1) is 17.5. The smallest absolute Gasteiger partial charge is 0.162 e. The summed E-state index contributed by atoms with van der Waals surface area (Å²) in [7, 11) is 1.63. The normalized spacial score (nSPS) is 10.7. The molecule has 0 aromatic heterocycles. The maximum atomic E-state index is 5.90. The lowest BCUT2D eigenvalue weighted by molar-refractivity contribution is 0.132. The molecule has 0 bridgehead atoms. The molecule has 0 saturated heterocycles. The van der Waals surface area contributed by atoms with Crippen molar-refractivity contribution >= 4 is 6.21 Å². The third-order valence-corrected chi connectivity index (χ3v) is 3.78. The summed E-state index contributed by atoms with van der Waals surface area (Å²) >= 11 is 0. The summed E-state index contributed by atoms with van der Waals surface area (Å²) in [5.41, 5.74) is 3.05. The van der Waals surface area contributed by atoms with E-state index in [1.165, 1.54) is 0 Å². The second-order valence-corrected chi connectivity index (χ2v) is 5.68. The molecule has 0 spiro atoms. The third kappa shape index (κ3) is 5.11. The predicted molar refractivity (Wildman–Crippen MR) is 103 cm³/mol. The molecule has 3 aromatic carbocycles. The van der Waals surface area contributed by atoms with Crippen molar-refractivity contribution in [2.45, 2.75) is 13.2 Å². The molecule has 0 N–H and O–H groups in total. The fraction of sp³-hybridized carbons (Fsp3) is 0.136. The number of benzene rings is 3. The first-order valence-electron chi connectivity index (χ1n) is 8.39. The van der Waals surface area contributed by atoms with Crippen molar-refractivity contribution in [2.24, 2.45) is 5.16 Å². The van der Waals surface area contributed by atoms with Crippen LogP contribution in [0.25, 0.3) is 0 Å². The zero-order valence-electron chi connectivity index (χ0n) is 14.7. The van der Waals surface area contributed by atoms with Crippen LogP contribution in [0.1, 0.15) is 16.7 Å². The van der Waals surface area contributed by atoms with Crippen LogP contribution >= 0.6 is 0 Å². The van der Waals surface area contributed by atoms with Gasteiger partial charge in [0, 0.05) is 5.56 Å². The second kappa shape index (κ2) is 9.28. The molecular formula is C22H21NO3. The van der Waals surface area contributed by atoms with Crippen LogP contribution in [0, 0.1) is 0 Å². The molecule has 0 aliphatic carbocycles. The Morgan fingerprint density at radius 1 is 0.769 bits per heavy atom. The van der Waals surface area contributed by atoms with Crippen molar-refractivity contribution in [3.8, 4) is 11.5 Å². The number of methoxy groups -OCH3 is 1. The number of rotatable bonds is 8. The molecule has 0 amide bonds. The van der Waals surface area contributed by atoms with Crippen molar-refractivity contribution in [3.05, 3.63) is 95.6 Å². The quantitative estimate of drug-likeness (QED) is 0.433. The Balaban J connectivity index is 1.61. The van der Waals surface area contributed by atoms with Crippen LogP contribution in [0.4, 0.5) is 0 Å². The Morgan fingerprint density at radius 3 is 2.08 bits per heavy atom. The maximum absolute atomic E-state index is 5.90. The lowest BCUT2D eigenvalue weighted by atomic mass is 10.2. The lowest BCUT2D eigenvalue weighted by Crippen LogP contribution is -1.98. The highest BCUT2D eigenvalue weighted by Gasteiger charge is 2.05. The van der Waals surface area contributed by atoms with E-state index < -0.39 is 0 Å². The molecule has 3 rings (SSSR count). The summed E-state index contributed by atoms with van der Waals surface area (Å²) < 4.78 is 11.3. The summed E-state index contributed by atoms with van der Waals surface area (Å²) in [6.45, 7) is 0.910. The van der Waals surface area contributed by atoms with Gasteiger partial charge < -0.3 is 14.3 Å². The third-order valence-electron chi connectivity index (χ3n) is 3.78. The summed E-state index contributed by atoms with van der Waals surface area (Å²) in [5, 5.41) is 4.03. The summed E-state index contributed by atoms with van der Waals surface area (Å²) in [6, 6.07) is 25.6. The highest BCUT2D eigenvalue weighted by molar-refractivity contribution is 5.80. The van der Waals surface area contributed by atoms with E-state index in [2.05, 4.69) is 5.16 Å². The van der Waals surface area contributed by atoms with Crippen LogP contribution in [0.5, 0.6) is 11.5 Å². The van der Waals surface area contributed by atoms with Gasteiger partial charge in [-0.05, 0) is 29.3 Å². The van der Waals surface area contributed by atoms with Crippen molar-refractivity contribution in [1.82, 2.24) is 0 Å². The van der Waals surface area contributed by atoms with Gasteiger partial charge >= 0.3 is 0 Å². The van der Waals surface area contributed by atoms with Crippen LogP contribution in [0.3, 0.4) is 0 Å². The monoisotopic (exact) mass is 347 g/mol. The van der Waals surface area contributed by atoms with E-state index in [1.807, 2.05) is 78.9 Å². The van der Waals surface area contributed by atoms with Crippen molar-refractivity contribution in [3.63, 3.8) is 0 Å². The van der Waals surface area contributed by atoms with E-state index in [0.717, 1.165) is 16.7 Å². The van der Waals surface area contributed by atoms with Gasteiger partial charge in [-0.3, -0.25) is 0 Å². The molecule has 0 atom stereocenters. The number of oxime groups is 1. The standard InChI is InChI=1S/C22H21NO3/c1-24-21-13-12-20(15-23-26-17-19-10-6-3-7-11-19)14-22(21)25-16-18-8-4-2-5-9-18/h2-15H,16-17H2,1H3/b23-15-. The fourth-order valence-corrected chi connectivity index (χ4v) is 2.41. The van der Waals surface area contributed by atoms with E-state index in [0.29, 0.717) is 24.7 Å². The van der Waals surface area contributed by atoms with E-state index in [1.54, 1.807) is 13.3 Å². The van der Waals surface area contributed by atoms with Gasteiger partial charge in [0.25, 0.3) is 0 Å². The molecular weight excluding hydrogens is 326 g/mol. The molecule has 0 fully saturated rings. The Kier molecular flexibility index (Phi) is 6.26. The molecule has 0 unspecified atom stereocenters. The molecule has 132 valence electrons. The van der Waals surface area contributed by atoms with Crippen molar-refractivity contribution in [2.75, 3.05) is 7.11 Å². The van der Waals surface area contributed by atoms with Crippen molar-refractivity contribution in [1.29, 1.82) is 0 Å². The van der Waals surface area contributed by atoms with Gasteiger partial charge in [-0.25, -0.2) is 0 Å². The molecule has 0 aliphatic heterocycles. The minimum atomic E-state index is 0.435. The maximum Gasteiger partial charge on any atom is 0.162 e. The van der Waals surface area contributed by atoms with Crippen LogP contribution < -0.4 is 9.47 Å². The van der Waals surface area contributed by atoms with Gasteiger partial charge in [0.1, 0.15) is 13.2 Å². The Bertz CT molecular complexity index is 833. The summed E-state index contributed by atoms with van der Waals surface area (Å²) in [4.78, 5) is 5.35. The van der Waals surface area contributed by atoms with Gasteiger partial charge in [-0.1, -0.05) is 65.8 Å². The van der Waals surface area contributed by atoms with E-state index in [-0.39, 0.29) is 0 Å². The summed E-state index contributed by atoms with van der Waals surface area (Å²) in [5.74, 6) is 1.35. The van der Waals surface area contributed by atoms with Gasteiger partial charge in [-0.15, -0.1) is 0 Å². The van der Waals surface area contributed by atoms with Gasteiger partial charge in [-0.2, -0.15) is 0 Å². The van der Waals surface area contributed by atoms with Crippen molar-refractivity contribution < 1.29 is 14.3 Å². The minimum absolute atomic E-state index is 0.435. The van der Waals surface area contributed by atoms with E-state index in [4.69, 9.17) is 14.3 Å². The average Bonchev–Trinajstić information content (AvgIpc) is 2.71. The largest absolute Gasteiger partial charge is 0.493 e. The second-order valence-electron chi connectivity index (χ2n) is 5.68. The van der Waals surface area contributed by atoms with Gasteiger partial charge in [0.15, 0.2) is 11.5 Å². The number of hydrogen-bond donors (Lipinski definition) is 0. The van der Waals surface area contributed by atoms with Gasteiger partial charge in [0.05, 0.1) is 13.3 Å². The molecule has 26 heavy (non-hydrogen) atoms. The first-order chi connectivity index (χ1) is 12.8. The first-order valence-corrected chi connectivity index (χ1v) is 8.39. The highest BCUT2D eigenvalue weighted by atomic mass is 16.6. The SMILES string of the molecule is COc1ccc(/C=N\OCc2ccccc2)cc1OCc1ccccc1. The zero-order valence-corrected chi connectivity index (χ0v) is 14.7. The number of nitrogens with zero attached hydrogens (tertiary/aromatic N) is 1. The topological polar surface area (TPSA) is 40.0 Å². The molecule has 4 nitrogen and oxygen atoms in total. The Morgan fingerprint density at radius 2 is 1.42 bits per heavy atom. The van der Waals surface area contributed by atoms with Crippen LogP contribution in [-0.2, 0) is 18.1 Å². The Hall–Kier alpha value is -3.27. The molecule has 4 heteroatoms.